The van der Waals surface area contributed by atoms with E-state index in [-0.39, 0.29) is 17.2 Å². The molecule has 0 N–H and O–H groups in total. The summed E-state index contributed by atoms with van der Waals surface area (Å²) in [5.41, 5.74) is -3.17. The lowest BCUT2D eigenvalue weighted by molar-refractivity contribution is -0.279. The van der Waals surface area contributed by atoms with Crippen LogP contribution in [0.25, 0.3) is 0 Å². The molecule has 0 radical (unpaired) electrons. The first-order chi connectivity index (χ1) is 15.0. The molecule has 3 heterocycles. The summed E-state index contributed by atoms with van der Waals surface area (Å²) in [5, 5.41) is 0. The smallest absolute Gasteiger partial charge is 0.432 e. The zero-order chi connectivity index (χ0) is 23.4. The van der Waals surface area contributed by atoms with Gasteiger partial charge in [-0.15, -0.1) is 0 Å². The summed E-state index contributed by atoms with van der Waals surface area (Å²) >= 11 is 0. The highest BCUT2D eigenvalue weighted by Crippen LogP contribution is 2.50. The van der Waals surface area contributed by atoms with Crippen LogP contribution in [0.15, 0.2) is 39.5 Å². The molecule has 2 aliphatic rings. The first-order valence-corrected chi connectivity index (χ1v) is 10.3. The van der Waals surface area contributed by atoms with Crippen molar-refractivity contribution in [3.05, 3.63) is 68.8 Å². The Kier molecular flexibility index (Phi) is 5.45. The maximum Gasteiger partial charge on any atom is 0.432 e. The lowest BCUT2D eigenvalue weighted by atomic mass is 9.91. The summed E-state index contributed by atoms with van der Waals surface area (Å²) in [5.74, 6) is -1.14. The van der Waals surface area contributed by atoms with Crippen LogP contribution in [0.1, 0.15) is 53.2 Å². The molecule has 9 heteroatoms. The minimum Gasteiger partial charge on any atom is -0.461 e. The molecule has 4 atom stereocenters. The van der Waals surface area contributed by atoms with Gasteiger partial charge in [-0.3, -0.25) is 9.69 Å². The second-order valence-electron chi connectivity index (χ2n) is 8.29. The predicted octanol–water partition coefficient (Wildman–Crippen LogP) is 4.09. The van der Waals surface area contributed by atoms with E-state index in [1.54, 1.807) is 20.9 Å². The van der Waals surface area contributed by atoms with Gasteiger partial charge in [-0.2, -0.15) is 13.2 Å². The number of esters is 1. The number of carbonyl (C=O) groups excluding carboxylic acids is 1. The molecule has 0 saturated carbocycles. The van der Waals surface area contributed by atoms with Crippen LogP contribution in [0.3, 0.4) is 0 Å². The normalized spacial score (nSPS) is 24.7. The SMILES string of the molecule is CO[C@](C(=O)O[C@@H]1c2oc(C)c(C)c(=O)c2[C@@H]2CC[C@H]1N2C)(c1ccccc1)C(F)(F)F. The zero-order valence-corrected chi connectivity index (χ0v) is 18.2. The van der Waals surface area contributed by atoms with Gasteiger partial charge >= 0.3 is 12.1 Å². The lowest BCUT2D eigenvalue weighted by Crippen LogP contribution is -2.53. The van der Waals surface area contributed by atoms with Gasteiger partial charge in [0.2, 0.25) is 0 Å². The summed E-state index contributed by atoms with van der Waals surface area (Å²) in [4.78, 5) is 28.1. The van der Waals surface area contributed by atoms with Crippen molar-refractivity contribution < 1.29 is 31.9 Å². The molecule has 32 heavy (non-hydrogen) atoms. The number of benzene rings is 1. The van der Waals surface area contributed by atoms with Crippen molar-refractivity contribution in [2.75, 3.05) is 14.2 Å². The number of nitrogens with zero attached hydrogens (tertiary/aromatic N) is 1. The van der Waals surface area contributed by atoms with Crippen LogP contribution in [0, 0.1) is 13.8 Å². The number of carbonyl (C=O) groups is 1. The number of hydrogen-bond acceptors (Lipinski definition) is 6. The van der Waals surface area contributed by atoms with Gasteiger partial charge in [0.05, 0.1) is 11.6 Å². The van der Waals surface area contributed by atoms with Crippen molar-refractivity contribution in [1.82, 2.24) is 4.90 Å². The maximum absolute atomic E-state index is 14.3. The second-order valence-corrected chi connectivity index (χ2v) is 8.29. The molecule has 0 amide bonds. The van der Waals surface area contributed by atoms with Gasteiger partial charge in [-0.25, -0.2) is 4.79 Å². The molecule has 1 saturated heterocycles. The van der Waals surface area contributed by atoms with Crippen molar-refractivity contribution in [3.63, 3.8) is 0 Å². The van der Waals surface area contributed by atoms with E-state index in [1.165, 1.54) is 30.3 Å². The van der Waals surface area contributed by atoms with E-state index in [2.05, 4.69) is 0 Å². The Morgan fingerprint density at radius 1 is 1.16 bits per heavy atom. The van der Waals surface area contributed by atoms with Gasteiger partial charge in [-0.05, 0) is 33.7 Å². The van der Waals surface area contributed by atoms with Crippen LogP contribution in [0.4, 0.5) is 13.2 Å². The summed E-state index contributed by atoms with van der Waals surface area (Å²) in [6, 6.07) is 5.99. The first kappa shape index (κ1) is 22.5. The maximum atomic E-state index is 14.3. The summed E-state index contributed by atoms with van der Waals surface area (Å²) in [6.45, 7) is 3.24. The number of fused-ring (bicyclic) bond motifs is 4. The molecule has 0 aliphatic carbocycles. The molecular weight excluding hydrogens is 427 g/mol. The fourth-order valence-electron chi connectivity index (χ4n) is 4.87. The number of methoxy groups -OCH3 is 1. The Bertz CT molecular complexity index is 1100. The van der Waals surface area contributed by atoms with E-state index in [4.69, 9.17) is 13.9 Å². The van der Waals surface area contributed by atoms with Crippen LogP contribution in [-0.2, 0) is 19.9 Å². The largest absolute Gasteiger partial charge is 0.461 e. The average Bonchev–Trinajstić information content (AvgIpc) is 3.02. The van der Waals surface area contributed by atoms with Crippen LogP contribution in [0.2, 0.25) is 0 Å². The van der Waals surface area contributed by atoms with Gasteiger partial charge in [0, 0.05) is 24.3 Å². The van der Waals surface area contributed by atoms with E-state index in [0.29, 0.717) is 29.7 Å². The van der Waals surface area contributed by atoms with Crippen molar-refractivity contribution in [2.24, 2.45) is 0 Å². The third-order valence-electron chi connectivity index (χ3n) is 6.74. The molecule has 0 spiro atoms. The Hall–Kier alpha value is -2.65. The number of ether oxygens (including phenoxy) is 2. The van der Waals surface area contributed by atoms with Gasteiger partial charge in [-0.1, -0.05) is 30.3 Å². The Labute approximate surface area is 182 Å². The Balaban J connectivity index is 1.83. The molecule has 0 unspecified atom stereocenters. The number of halogens is 3. The number of alkyl halides is 3. The molecular formula is C23H24F3NO5. The second kappa shape index (κ2) is 7.74. The predicted molar refractivity (Wildman–Crippen MR) is 108 cm³/mol. The number of likely N-dealkylation sites (N-methyl/N-ethyl adjacent to an activating group) is 1. The zero-order valence-electron chi connectivity index (χ0n) is 18.2. The fourth-order valence-corrected chi connectivity index (χ4v) is 4.87. The highest BCUT2D eigenvalue weighted by molar-refractivity contribution is 5.83. The molecule has 172 valence electrons. The quantitative estimate of drug-likeness (QED) is 0.653. The van der Waals surface area contributed by atoms with E-state index in [1.807, 2.05) is 4.90 Å². The van der Waals surface area contributed by atoms with Crippen LogP contribution >= 0.6 is 0 Å². The lowest BCUT2D eigenvalue weighted by Gasteiger charge is -2.39. The molecule has 2 aliphatic heterocycles. The number of aryl methyl sites for hydroxylation is 1. The summed E-state index contributed by atoms with van der Waals surface area (Å²) in [6.07, 6.45) is -5.11. The Morgan fingerprint density at radius 2 is 1.81 bits per heavy atom. The molecule has 4 rings (SSSR count). The number of rotatable bonds is 4. The molecule has 6 nitrogen and oxygen atoms in total. The van der Waals surface area contributed by atoms with E-state index in [9.17, 15) is 22.8 Å². The molecule has 1 fully saturated rings. The average molecular weight is 451 g/mol. The van der Waals surface area contributed by atoms with Crippen LogP contribution in [-0.4, -0.2) is 37.2 Å². The third-order valence-corrected chi connectivity index (χ3v) is 6.74. The van der Waals surface area contributed by atoms with Crippen LogP contribution in [0.5, 0.6) is 0 Å². The van der Waals surface area contributed by atoms with Gasteiger partial charge in [0.1, 0.15) is 5.76 Å². The van der Waals surface area contributed by atoms with E-state index in [0.717, 1.165) is 7.11 Å². The minimum absolute atomic E-state index is 0.122. The topological polar surface area (TPSA) is 69.0 Å². The Morgan fingerprint density at radius 3 is 2.41 bits per heavy atom. The number of hydrogen-bond donors (Lipinski definition) is 0. The van der Waals surface area contributed by atoms with Crippen molar-refractivity contribution in [2.45, 2.75) is 56.7 Å². The summed E-state index contributed by atoms with van der Waals surface area (Å²) in [7, 11) is 2.59. The monoisotopic (exact) mass is 451 g/mol. The van der Waals surface area contributed by atoms with Gasteiger partial charge in [0.15, 0.2) is 17.3 Å². The van der Waals surface area contributed by atoms with Crippen molar-refractivity contribution in [3.8, 4) is 0 Å². The molecule has 2 bridgehead atoms. The highest BCUT2D eigenvalue weighted by Gasteiger charge is 2.65. The molecule has 1 aromatic heterocycles. The highest BCUT2D eigenvalue weighted by atomic mass is 19.4. The van der Waals surface area contributed by atoms with Crippen molar-refractivity contribution in [1.29, 1.82) is 0 Å². The van der Waals surface area contributed by atoms with E-state index < -0.39 is 35.5 Å². The molecule has 2 aromatic rings. The van der Waals surface area contributed by atoms with E-state index >= 15 is 0 Å². The fraction of sp³-hybridized carbons (Fsp3) is 0.478. The molecule has 1 aromatic carbocycles. The van der Waals surface area contributed by atoms with Gasteiger partial charge in [0.25, 0.3) is 5.60 Å². The first-order valence-electron chi connectivity index (χ1n) is 10.3. The van der Waals surface area contributed by atoms with Crippen LogP contribution < -0.4 is 5.43 Å². The van der Waals surface area contributed by atoms with Gasteiger partial charge < -0.3 is 13.9 Å². The standard InChI is InChI=1S/C23H24F3NO5/c1-12-13(2)31-20-17(18(12)28)15-10-11-16(27(15)3)19(20)32-21(29)22(30-4,23(24,25)26)14-8-6-5-7-9-14/h5-9,15-16,19H,10-11H2,1-4H3/t15-,16+,19-,22-/m0/s1. The minimum atomic E-state index is -5.09. The third kappa shape index (κ3) is 3.09. The van der Waals surface area contributed by atoms with Crippen molar-refractivity contribution >= 4 is 5.97 Å². The summed E-state index contributed by atoms with van der Waals surface area (Å²) < 4.78 is 59.2.